The maximum atomic E-state index is 9.29. The van der Waals surface area contributed by atoms with Gasteiger partial charge in [0.1, 0.15) is 18.1 Å². The van der Waals surface area contributed by atoms with Crippen LogP contribution < -0.4 is 10.6 Å². The van der Waals surface area contributed by atoms with E-state index >= 15 is 0 Å². The van der Waals surface area contributed by atoms with Gasteiger partial charge in [0, 0.05) is 26.2 Å². The maximum absolute atomic E-state index is 9.29. The lowest BCUT2D eigenvalue weighted by atomic mass is 10.1. The third-order valence-electron chi connectivity index (χ3n) is 3.76. The van der Waals surface area contributed by atoms with Crippen molar-refractivity contribution in [1.82, 2.24) is 10.6 Å². The van der Waals surface area contributed by atoms with E-state index in [2.05, 4.69) is 22.5 Å². The minimum absolute atomic E-state index is 0.304. The largest absolute Gasteiger partial charge is 0.508 e. The summed E-state index contributed by atoms with van der Waals surface area (Å²) in [4.78, 5) is 4.59. The predicted molar refractivity (Wildman–Crippen MR) is 103 cm³/mol. The molecule has 0 spiro atoms. The Morgan fingerprint density at radius 1 is 1.15 bits per heavy atom. The lowest BCUT2D eigenvalue weighted by Crippen LogP contribution is -2.38. The zero-order valence-corrected chi connectivity index (χ0v) is 15.4. The SMILES string of the molecule is CCNC(=NCCCc1ccc(O)cc1)NCCCOCc1ccco1. The summed E-state index contributed by atoms with van der Waals surface area (Å²) in [6.07, 6.45) is 4.47. The number of guanidine groups is 1. The van der Waals surface area contributed by atoms with E-state index in [1.54, 1.807) is 18.4 Å². The molecular formula is C20H29N3O3. The summed E-state index contributed by atoms with van der Waals surface area (Å²) in [5.41, 5.74) is 1.21. The highest BCUT2D eigenvalue weighted by molar-refractivity contribution is 5.79. The van der Waals surface area contributed by atoms with Crippen molar-refractivity contribution in [3.8, 4) is 5.75 Å². The van der Waals surface area contributed by atoms with Crippen LogP contribution in [0.15, 0.2) is 52.1 Å². The van der Waals surface area contributed by atoms with Crippen LogP contribution in [0.5, 0.6) is 5.75 Å². The van der Waals surface area contributed by atoms with Gasteiger partial charge in [0.05, 0.1) is 6.26 Å². The van der Waals surface area contributed by atoms with Crippen molar-refractivity contribution in [3.63, 3.8) is 0 Å². The summed E-state index contributed by atoms with van der Waals surface area (Å²) in [5, 5.41) is 15.9. The smallest absolute Gasteiger partial charge is 0.191 e. The molecule has 0 saturated carbocycles. The van der Waals surface area contributed by atoms with Crippen molar-refractivity contribution in [2.45, 2.75) is 32.8 Å². The van der Waals surface area contributed by atoms with Crippen LogP contribution >= 0.6 is 0 Å². The molecule has 6 nitrogen and oxygen atoms in total. The molecule has 0 aliphatic rings. The number of rotatable bonds is 11. The summed E-state index contributed by atoms with van der Waals surface area (Å²) in [6, 6.07) is 11.1. The van der Waals surface area contributed by atoms with Gasteiger partial charge in [-0.25, -0.2) is 0 Å². The first-order valence-electron chi connectivity index (χ1n) is 9.18. The molecule has 0 aliphatic carbocycles. The number of hydrogen-bond donors (Lipinski definition) is 3. The molecule has 2 aromatic rings. The Morgan fingerprint density at radius 2 is 2.00 bits per heavy atom. The minimum Gasteiger partial charge on any atom is -0.508 e. The highest BCUT2D eigenvalue weighted by atomic mass is 16.5. The first-order valence-corrected chi connectivity index (χ1v) is 9.18. The van der Waals surface area contributed by atoms with Gasteiger partial charge in [-0.15, -0.1) is 0 Å². The van der Waals surface area contributed by atoms with Gasteiger partial charge in [-0.3, -0.25) is 4.99 Å². The number of nitrogens with one attached hydrogen (secondary N) is 2. The number of ether oxygens (including phenoxy) is 1. The summed E-state index contributed by atoms with van der Waals surface area (Å²) < 4.78 is 10.8. The molecule has 2 rings (SSSR count). The van der Waals surface area contributed by atoms with Crippen LogP contribution in [0.4, 0.5) is 0 Å². The van der Waals surface area contributed by atoms with E-state index in [0.29, 0.717) is 19.0 Å². The van der Waals surface area contributed by atoms with Gasteiger partial charge >= 0.3 is 0 Å². The van der Waals surface area contributed by atoms with E-state index in [1.165, 1.54) is 5.56 Å². The highest BCUT2D eigenvalue weighted by Gasteiger charge is 1.99. The van der Waals surface area contributed by atoms with E-state index in [4.69, 9.17) is 9.15 Å². The van der Waals surface area contributed by atoms with E-state index in [-0.39, 0.29) is 0 Å². The van der Waals surface area contributed by atoms with Gasteiger partial charge in [0.25, 0.3) is 0 Å². The van der Waals surface area contributed by atoms with Gasteiger partial charge in [0.2, 0.25) is 0 Å². The summed E-state index contributed by atoms with van der Waals surface area (Å²) in [7, 11) is 0. The molecule has 0 bridgehead atoms. The predicted octanol–water partition coefficient (Wildman–Crippen LogP) is 3.08. The molecule has 3 N–H and O–H groups in total. The monoisotopic (exact) mass is 359 g/mol. The number of benzene rings is 1. The second-order valence-corrected chi connectivity index (χ2v) is 5.94. The van der Waals surface area contributed by atoms with Crippen LogP contribution in [0, 0.1) is 0 Å². The number of aromatic hydroxyl groups is 1. The Bertz CT molecular complexity index is 624. The molecule has 6 heteroatoms. The van der Waals surface area contributed by atoms with Crippen molar-refractivity contribution in [2.24, 2.45) is 4.99 Å². The van der Waals surface area contributed by atoms with Crippen molar-refractivity contribution in [3.05, 3.63) is 54.0 Å². The maximum Gasteiger partial charge on any atom is 0.191 e. The molecule has 0 atom stereocenters. The summed E-state index contributed by atoms with van der Waals surface area (Å²) in [6.45, 7) is 5.64. The molecule has 0 amide bonds. The van der Waals surface area contributed by atoms with E-state index in [9.17, 15) is 5.11 Å². The van der Waals surface area contributed by atoms with Crippen LogP contribution in [-0.4, -0.2) is 37.3 Å². The van der Waals surface area contributed by atoms with Crippen LogP contribution in [0.25, 0.3) is 0 Å². The zero-order valence-electron chi connectivity index (χ0n) is 15.4. The second kappa shape index (κ2) is 12.0. The second-order valence-electron chi connectivity index (χ2n) is 5.94. The molecule has 0 saturated heterocycles. The van der Waals surface area contributed by atoms with E-state index in [0.717, 1.165) is 50.6 Å². The average Bonchev–Trinajstić information content (AvgIpc) is 3.16. The quantitative estimate of drug-likeness (QED) is 0.326. The number of nitrogens with zero attached hydrogens (tertiary/aromatic N) is 1. The number of hydrogen-bond acceptors (Lipinski definition) is 4. The molecule has 1 heterocycles. The van der Waals surface area contributed by atoms with Crippen molar-refractivity contribution >= 4 is 5.96 Å². The highest BCUT2D eigenvalue weighted by Crippen LogP contribution is 2.11. The molecule has 0 unspecified atom stereocenters. The molecule has 0 aliphatic heterocycles. The van der Waals surface area contributed by atoms with E-state index < -0.39 is 0 Å². The first kappa shape index (κ1) is 19.8. The lowest BCUT2D eigenvalue weighted by molar-refractivity contribution is 0.105. The summed E-state index contributed by atoms with van der Waals surface area (Å²) in [5.74, 6) is 1.99. The van der Waals surface area contributed by atoms with Gasteiger partial charge < -0.3 is 24.9 Å². The van der Waals surface area contributed by atoms with Gasteiger partial charge in [-0.05, 0) is 56.0 Å². The van der Waals surface area contributed by atoms with Crippen LogP contribution in [0.3, 0.4) is 0 Å². The Kier molecular flexibility index (Phi) is 9.14. The third kappa shape index (κ3) is 8.07. The number of phenolic OH excluding ortho intramolecular Hbond substituents is 1. The topological polar surface area (TPSA) is 79.0 Å². The lowest BCUT2D eigenvalue weighted by Gasteiger charge is -2.11. The fourth-order valence-corrected chi connectivity index (χ4v) is 2.43. The van der Waals surface area contributed by atoms with Gasteiger partial charge in [-0.2, -0.15) is 0 Å². The molecule has 1 aromatic carbocycles. The van der Waals surface area contributed by atoms with Crippen molar-refractivity contribution in [1.29, 1.82) is 0 Å². The molecule has 26 heavy (non-hydrogen) atoms. The number of aryl methyl sites for hydroxylation is 1. The zero-order chi connectivity index (χ0) is 18.5. The van der Waals surface area contributed by atoms with Crippen LogP contribution in [0.1, 0.15) is 31.1 Å². The molecular weight excluding hydrogens is 330 g/mol. The Hall–Kier alpha value is -2.47. The molecule has 142 valence electrons. The Labute approximate surface area is 155 Å². The Balaban J connectivity index is 1.58. The summed E-state index contributed by atoms with van der Waals surface area (Å²) >= 11 is 0. The molecule has 0 radical (unpaired) electrons. The number of aliphatic imine (C=N–C) groups is 1. The normalized spacial score (nSPS) is 11.5. The van der Waals surface area contributed by atoms with Gasteiger partial charge in [0.15, 0.2) is 5.96 Å². The van der Waals surface area contributed by atoms with Crippen LogP contribution in [0.2, 0.25) is 0 Å². The molecule has 1 aromatic heterocycles. The standard InChI is InChI=1S/C20H29N3O3/c1-2-21-20(22-12-3-6-17-8-10-18(24)11-9-17)23-13-5-14-25-16-19-7-4-15-26-19/h4,7-11,15,24H,2-3,5-6,12-14,16H2,1H3,(H2,21,22,23). The molecule has 0 fully saturated rings. The first-order chi connectivity index (χ1) is 12.8. The van der Waals surface area contributed by atoms with Gasteiger partial charge in [-0.1, -0.05) is 12.1 Å². The fraction of sp³-hybridized carbons (Fsp3) is 0.450. The minimum atomic E-state index is 0.304. The fourth-order valence-electron chi connectivity index (χ4n) is 2.43. The Morgan fingerprint density at radius 3 is 2.73 bits per heavy atom. The van der Waals surface area contributed by atoms with Crippen molar-refractivity contribution in [2.75, 3.05) is 26.2 Å². The average molecular weight is 359 g/mol. The van der Waals surface area contributed by atoms with Crippen molar-refractivity contribution < 1.29 is 14.3 Å². The third-order valence-corrected chi connectivity index (χ3v) is 3.76. The number of furan rings is 1. The number of phenols is 1. The van der Waals surface area contributed by atoms with E-state index in [1.807, 2.05) is 24.3 Å². The van der Waals surface area contributed by atoms with Crippen LogP contribution in [-0.2, 0) is 17.8 Å².